The van der Waals surface area contributed by atoms with Crippen LogP contribution in [0, 0.1) is 0 Å². The second-order valence-electron chi connectivity index (χ2n) is 13.1. The fraction of sp³-hybridized carbons (Fsp3) is 0.667. The number of para-hydroxylation sites is 2. The smallest absolute Gasteiger partial charge is 0.0462 e. The van der Waals surface area contributed by atoms with Gasteiger partial charge in [-0.05, 0) is 96.7 Å². The normalized spacial score (nSPS) is 22.9. The van der Waals surface area contributed by atoms with Crippen LogP contribution in [0.2, 0.25) is 0 Å². The van der Waals surface area contributed by atoms with Crippen molar-refractivity contribution in [1.82, 2.24) is 0 Å². The first-order valence-electron chi connectivity index (χ1n) is 16.9. The Balaban J connectivity index is 1.34. The summed E-state index contributed by atoms with van der Waals surface area (Å²) in [6.07, 6.45) is 29.3. The molecule has 4 fully saturated rings. The Morgan fingerprint density at radius 1 is 0.385 bits per heavy atom. The highest BCUT2D eigenvalue weighted by Crippen LogP contribution is 2.58. The van der Waals surface area contributed by atoms with Gasteiger partial charge in [0.05, 0.1) is 0 Å². The molecule has 212 valence electrons. The Bertz CT molecular complexity index is 895. The van der Waals surface area contributed by atoms with E-state index in [2.05, 4.69) is 53.8 Å². The first-order chi connectivity index (χ1) is 19.4. The molecule has 0 unspecified atom stereocenters. The van der Waals surface area contributed by atoms with Gasteiger partial charge in [0.25, 0.3) is 0 Å². The van der Waals surface area contributed by atoms with Gasteiger partial charge in [-0.1, -0.05) is 129 Å². The van der Waals surface area contributed by atoms with Gasteiger partial charge in [0.1, 0.15) is 0 Å². The molecule has 1 N–H and O–H groups in total. The maximum atomic E-state index is 4.19. The molecule has 0 saturated heterocycles. The van der Waals surface area contributed by atoms with Crippen molar-refractivity contribution >= 4 is 37.8 Å². The Kier molecular flexibility index (Phi) is 10.4. The molecule has 0 spiro atoms. The number of anilines is 2. The van der Waals surface area contributed by atoms with Crippen LogP contribution in [-0.2, 0) is 0 Å². The van der Waals surface area contributed by atoms with Gasteiger partial charge in [0.15, 0.2) is 0 Å². The average molecular weight is 562 g/mol. The molecule has 0 radical (unpaired) electrons. The van der Waals surface area contributed by atoms with E-state index in [1.54, 1.807) is 10.6 Å². The lowest BCUT2D eigenvalue weighted by Crippen LogP contribution is -2.29. The fourth-order valence-corrected chi connectivity index (χ4v) is 16.4. The minimum atomic E-state index is -0.116. The highest BCUT2D eigenvalue weighted by atomic mass is 31.1. The van der Waals surface area contributed by atoms with E-state index in [1.165, 1.54) is 140 Å². The number of hydrogen-bond donors (Lipinski definition) is 1. The van der Waals surface area contributed by atoms with Crippen LogP contribution in [0.25, 0.3) is 0 Å². The molecule has 4 aliphatic carbocycles. The van der Waals surface area contributed by atoms with Crippen LogP contribution in [-0.4, -0.2) is 22.6 Å². The van der Waals surface area contributed by atoms with Gasteiger partial charge in [-0.25, -0.2) is 0 Å². The third-order valence-corrected chi connectivity index (χ3v) is 17.6. The summed E-state index contributed by atoms with van der Waals surface area (Å²) in [5.41, 5.74) is 6.67. The standard InChI is InChI=1S/C36H53NP2/c1-5-17-29(18-6-1)38(30-19-7-2-8-20-30)35-27-15-13-25-33(35)37-34-26-14-16-28-36(34)39(31-21-9-3-10-22-31)32-23-11-4-12-24-32/h13-16,25-32,37H,1-12,17-24H2. The van der Waals surface area contributed by atoms with Gasteiger partial charge in [0.2, 0.25) is 0 Å². The second kappa shape index (κ2) is 14.3. The zero-order valence-electron chi connectivity index (χ0n) is 24.5. The van der Waals surface area contributed by atoms with E-state index in [9.17, 15) is 0 Å². The van der Waals surface area contributed by atoms with Gasteiger partial charge in [-0.3, -0.25) is 0 Å². The summed E-state index contributed by atoms with van der Waals surface area (Å²) >= 11 is 0. The van der Waals surface area contributed by atoms with Gasteiger partial charge < -0.3 is 5.32 Å². The molecular weight excluding hydrogens is 508 g/mol. The van der Waals surface area contributed by atoms with E-state index in [1.807, 2.05) is 0 Å². The van der Waals surface area contributed by atoms with Gasteiger partial charge in [0, 0.05) is 11.4 Å². The summed E-state index contributed by atoms with van der Waals surface area (Å²) < 4.78 is 0. The Labute approximate surface area is 242 Å². The van der Waals surface area contributed by atoms with Crippen molar-refractivity contribution in [1.29, 1.82) is 0 Å². The van der Waals surface area contributed by atoms with Crippen LogP contribution in [0.4, 0.5) is 11.4 Å². The van der Waals surface area contributed by atoms with E-state index in [-0.39, 0.29) is 15.8 Å². The van der Waals surface area contributed by atoms with Crippen molar-refractivity contribution in [2.24, 2.45) is 0 Å². The summed E-state index contributed by atoms with van der Waals surface area (Å²) in [7, 11) is -0.231. The van der Waals surface area contributed by atoms with Crippen LogP contribution in [0.1, 0.15) is 128 Å². The molecule has 3 heteroatoms. The van der Waals surface area contributed by atoms with Crippen LogP contribution >= 0.6 is 15.8 Å². The average Bonchev–Trinajstić information content (AvgIpc) is 3.01. The molecule has 0 aromatic heterocycles. The molecule has 4 saturated carbocycles. The van der Waals surface area contributed by atoms with Crippen LogP contribution < -0.4 is 15.9 Å². The predicted octanol–water partition coefficient (Wildman–Crippen LogP) is 11.0. The van der Waals surface area contributed by atoms with E-state index in [0.29, 0.717) is 0 Å². The van der Waals surface area contributed by atoms with Crippen molar-refractivity contribution in [3.05, 3.63) is 48.5 Å². The largest absolute Gasteiger partial charge is 0.354 e. The molecule has 0 bridgehead atoms. The molecule has 6 rings (SSSR count). The molecule has 4 aliphatic rings. The number of nitrogens with one attached hydrogen (secondary N) is 1. The monoisotopic (exact) mass is 561 g/mol. The molecule has 39 heavy (non-hydrogen) atoms. The quantitative estimate of drug-likeness (QED) is 0.316. The van der Waals surface area contributed by atoms with E-state index < -0.39 is 0 Å². The van der Waals surface area contributed by atoms with Crippen molar-refractivity contribution in [2.45, 2.75) is 151 Å². The zero-order valence-corrected chi connectivity index (χ0v) is 26.3. The third kappa shape index (κ3) is 6.95. The van der Waals surface area contributed by atoms with Gasteiger partial charge in [-0.15, -0.1) is 0 Å². The topological polar surface area (TPSA) is 12.0 Å². The van der Waals surface area contributed by atoms with Crippen molar-refractivity contribution in [3.63, 3.8) is 0 Å². The third-order valence-electron chi connectivity index (χ3n) is 10.5. The number of benzene rings is 2. The predicted molar refractivity (Wildman–Crippen MR) is 177 cm³/mol. The van der Waals surface area contributed by atoms with Crippen LogP contribution in [0.3, 0.4) is 0 Å². The summed E-state index contributed by atoms with van der Waals surface area (Å²) in [6, 6.07) is 19.3. The Morgan fingerprint density at radius 3 is 0.974 bits per heavy atom. The minimum Gasteiger partial charge on any atom is -0.354 e. The Morgan fingerprint density at radius 2 is 0.667 bits per heavy atom. The summed E-state index contributed by atoms with van der Waals surface area (Å²) in [4.78, 5) is 0. The molecule has 0 atom stereocenters. The molecular formula is C36H53NP2. The Hall–Kier alpha value is -0.900. The van der Waals surface area contributed by atoms with Gasteiger partial charge in [-0.2, -0.15) is 0 Å². The van der Waals surface area contributed by atoms with E-state index in [4.69, 9.17) is 0 Å². The van der Waals surface area contributed by atoms with Crippen molar-refractivity contribution in [3.8, 4) is 0 Å². The molecule has 0 amide bonds. The first-order valence-corrected chi connectivity index (χ1v) is 19.9. The molecule has 1 nitrogen and oxygen atoms in total. The fourth-order valence-electron chi connectivity index (χ4n) is 8.57. The first kappa shape index (κ1) is 28.2. The summed E-state index contributed by atoms with van der Waals surface area (Å²) in [6.45, 7) is 0. The maximum Gasteiger partial charge on any atom is 0.0462 e. The lowest BCUT2D eigenvalue weighted by molar-refractivity contribution is 0.487. The number of rotatable bonds is 8. The van der Waals surface area contributed by atoms with Crippen molar-refractivity contribution in [2.75, 3.05) is 5.32 Å². The van der Waals surface area contributed by atoms with Crippen LogP contribution in [0.5, 0.6) is 0 Å². The number of hydrogen-bond acceptors (Lipinski definition) is 1. The van der Waals surface area contributed by atoms with E-state index >= 15 is 0 Å². The zero-order chi connectivity index (χ0) is 26.3. The van der Waals surface area contributed by atoms with Crippen molar-refractivity contribution < 1.29 is 0 Å². The molecule has 0 aliphatic heterocycles. The lowest BCUT2D eigenvalue weighted by atomic mass is 9.99. The van der Waals surface area contributed by atoms with E-state index in [0.717, 1.165) is 22.6 Å². The van der Waals surface area contributed by atoms with Gasteiger partial charge >= 0.3 is 0 Å². The molecule has 0 heterocycles. The molecule has 2 aromatic carbocycles. The minimum absolute atomic E-state index is 0.116. The highest BCUT2D eigenvalue weighted by Gasteiger charge is 2.35. The van der Waals surface area contributed by atoms with Crippen LogP contribution in [0.15, 0.2) is 48.5 Å². The molecule has 2 aromatic rings. The summed E-state index contributed by atoms with van der Waals surface area (Å²) in [5.74, 6) is 0. The summed E-state index contributed by atoms with van der Waals surface area (Å²) in [5, 5.41) is 7.61. The SMILES string of the molecule is c1ccc(P(C2CCCCC2)C2CCCCC2)c(Nc2ccccc2P(C2CCCCC2)C2CCCCC2)c1. The highest BCUT2D eigenvalue weighted by molar-refractivity contribution is 7.67. The second-order valence-corrected chi connectivity index (χ2v) is 18.7. The lowest BCUT2D eigenvalue weighted by Gasteiger charge is -2.40. The maximum absolute atomic E-state index is 4.19.